The highest BCUT2D eigenvalue weighted by Crippen LogP contribution is 2.28. The van der Waals surface area contributed by atoms with Gasteiger partial charge in [0, 0.05) is 47.0 Å². The number of nitrogens with zero attached hydrogens (tertiary/aromatic N) is 4. The molecule has 0 aliphatic carbocycles. The standard InChI is InChI=1S/C21H19N7O5/c22-17-16-13-9-28(8-11(13)7-24-18(16)27-21(23)26-17)12-3-1-10(2-4-12)19(31)25-14(20(32)33)5-6-15(29)30/h1-4,7-9,14H,5-6H2,(H,25,31)(H,29,30)(H,32,33)(H4,22,23,26,27)/t14-/m0/s1. The molecule has 33 heavy (non-hydrogen) atoms. The molecule has 0 aliphatic heterocycles. The number of aliphatic carboxylic acids is 2. The average Bonchev–Trinajstić information content (AvgIpc) is 3.20. The second-order valence-electron chi connectivity index (χ2n) is 7.30. The predicted molar refractivity (Wildman–Crippen MR) is 119 cm³/mol. The molecule has 4 aromatic rings. The maximum absolute atomic E-state index is 12.4. The maximum atomic E-state index is 12.4. The van der Waals surface area contributed by atoms with Crippen molar-refractivity contribution in [3.8, 4) is 5.69 Å². The molecular formula is C21H19N7O5. The first kappa shape index (κ1) is 21.5. The van der Waals surface area contributed by atoms with Crippen LogP contribution in [0, 0.1) is 0 Å². The summed E-state index contributed by atoms with van der Waals surface area (Å²) < 4.78 is 1.82. The normalized spacial score (nSPS) is 12.0. The number of hydrogen-bond acceptors (Lipinski definition) is 8. The van der Waals surface area contributed by atoms with Crippen LogP contribution in [0.15, 0.2) is 42.9 Å². The van der Waals surface area contributed by atoms with Gasteiger partial charge in [-0.2, -0.15) is 9.97 Å². The van der Waals surface area contributed by atoms with Gasteiger partial charge in [-0.05, 0) is 30.7 Å². The monoisotopic (exact) mass is 449 g/mol. The minimum atomic E-state index is -1.30. The summed E-state index contributed by atoms with van der Waals surface area (Å²) in [6, 6.07) is 5.16. The smallest absolute Gasteiger partial charge is 0.326 e. The highest BCUT2D eigenvalue weighted by Gasteiger charge is 2.21. The number of anilines is 2. The van der Waals surface area contributed by atoms with E-state index in [1.165, 1.54) is 0 Å². The second-order valence-corrected chi connectivity index (χ2v) is 7.30. The zero-order valence-electron chi connectivity index (χ0n) is 17.1. The summed E-state index contributed by atoms with van der Waals surface area (Å²) in [6.07, 6.45) is 4.72. The Labute approximate surface area is 185 Å². The summed E-state index contributed by atoms with van der Waals surface area (Å²) in [5.41, 5.74) is 13.0. The summed E-state index contributed by atoms with van der Waals surface area (Å²) in [5.74, 6) is -2.80. The largest absolute Gasteiger partial charge is 0.481 e. The van der Waals surface area contributed by atoms with E-state index in [0.717, 1.165) is 16.5 Å². The summed E-state index contributed by atoms with van der Waals surface area (Å²) in [5, 5.41) is 22.5. The molecule has 0 fully saturated rings. The van der Waals surface area contributed by atoms with Gasteiger partial charge in [0.2, 0.25) is 5.95 Å². The lowest BCUT2D eigenvalue weighted by Gasteiger charge is -2.13. The summed E-state index contributed by atoms with van der Waals surface area (Å²) in [6.45, 7) is 0. The first-order chi connectivity index (χ1) is 15.7. The maximum Gasteiger partial charge on any atom is 0.326 e. The number of carboxylic acid groups (broad SMARTS) is 2. The number of amides is 1. The highest BCUT2D eigenvalue weighted by molar-refractivity contribution is 6.09. The van der Waals surface area contributed by atoms with Crippen molar-refractivity contribution in [3.05, 3.63) is 48.4 Å². The van der Waals surface area contributed by atoms with Gasteiger partial charge in [0.05, 0.1) is 5.39 Å². The van der Waals surface area contributed by atoms with Crippen LogP contribution in [0.1, 0.15) is 23.2 Å². The number of benzene rings is 1. The van der Waals surface area contributed by atoms with Crippen molar-refractivity contribution in [2.24, 2.45) is 0 Å². The van der Waals surface area contributed by atoms with Crippen molar-refractivity contribution in [1.82, 2.24) is 24.8 Å². The molecule has 1 aromatic carbocycles. The summed E-state index contributed by atoms with van der Waals surface area (Å²) >= 11 is 0. The van der Waals surface area contributed by atoms with Gasteiger partial charge in [-0.25, -0.2) is 9.78 Å². The van der Waals surface area contributed by atoms with Crippen LogP contribution < -0.4 is 16.8 Å². The molecule has 0 unspecified atom stereocenters. The van der Waals surface area contributed by atoms with Crippen molar-refractivity contribution in [3.63, 3.8) is 0 Å². The van der Waals surface area contributed by atoms with Gasteiger partial charge in [-0.3, -0.25) is 9.59 Å². The van der Waals surface area contributed by atoms with E-state index < -0.39 is 23.9 Å². The second kappa shape index (κ2) is 8.42. The van der Waals surface area contributed by atoms with E-state index in [2.05, 4.69) is 20.3 Å². The Hall–Kier alpha value is -4.74. The van der Waals surface area contributed by atoms with Crippen LogP contribution in [0.5, 0.6) is 0 Å². The zero-order chi connectivity index (χ0) is 23.7. The van der Waals surface area contributed by atoms with Crippen molar-refractivity contribution in [2.45, 2.75) is 18.9 Å². The van der Waals surface area contributed by atoms with Crippen molar-refractivity contribution < 1.29 is 24.6 Å². The average molecular weight is 449 g/mol. The molecular weight excluding hydrogens is 430 g/mol. The number of aromatic nitrogens is 4. The molecule has 4 rings (SSSR count). The Kier molecular flexibility index (Phi) is 5.48. The van der Waals surface area contributed by atoms with Crippen molar-refractivity contribution in [2.75, 3.05) is 11.5 Å². The Bertz CT molecular complexity index is 1400. The van der Waals surface area contributed by atoms with E-state index in [1.54, 1.807) is 30.5 Å². The molecule has 1 amide bonds. The SMILES string of the molecule is Nc1nc(N)c2c(ncc3cn(-c4ccc(C(=O)N[C@@H](CCC(=O)O)C(=O)O)cc4)cc32)n1. The minimum absolute atomic E-state index is 0.0354. The molecule has 3 heterocycles. The fraction of sp³-hybridized carbons (Fsp3) is 0.143. The molecule has 1 atom stereocenters. The number of pyridine rings is 1. The van der Waals surface area contributed by atoms with Crippen LogP contribution in [-0.4, -0.2) is 53.6 Å². The van der Waals surface area contributed by atoms with Crippen LogP contribution in [0.2, 0.25) is 0 Å². The van der Waals surface area contributed by atoms with Gasteiger partial charge < -0.3 is 31.6 Å². The molecule has 0 saturated carbocycles. The van der Waals surface area contributed by atoms with Crippen LogP contribution in [-0.2, 0) is 9.59 Å². The van der Waals surface area contributed by atoms with E-state index in [9.17, 15) is 19.5 Å². The van der Waals surface area contributed by atoms with Crippen LogP contribution >= 0.6 is 0 Å². The van der Waals surface area contributed by atoms with E-state index in [-0.39, 0.29) is 30.2 Å². The van der Waals surface area contributed by atoms with E-state index >= 15 is 0 Å². The first-order valence-electron chi connectivity index (χ1n) is 9.78. The molecule has 0 saturated heterocycles. The van der Waals surface area contributed by atoms with Crippen molar-refractivity contribution in [1.29, 1.82) is 0 Å². The Morgan fingerprint density at radius 1 is 1.06 bits per heavy atom. The number of carboxylic acids is 2. The molecule has 12 nitrogen and oxygen atoms in total. The Morgan fingerprint density at radius 3 is 2.45 bits per heavy atom. The minimum Gasteiger partial charge on any atom is -0.481 e. The number of nitrogens with two attached hydrogens (primary N) is 2. The van der Waals surface area contributed by atoms with Crippen LogP contribution in [0.25, 0.3) is 27.5 Å². The number of rotatable bonds is 7. The number of carbonyl (C=O) groups excluding carboxylic acids is 1. The topological polar surface area (TPSA) is 199 Å². The Balaban J connectivity index is 1.59. The highest BCUT2D eigenvalue weighted by atomic mass is 16.4. The molecule has 0 radical (unpaired) electrons. The molecule has 0 aliphatic rings. The van der Waals surface area contributed by atoms with Crippen molar-refractivity contribution >= 4 is 51.4 Å². The fourth-order valence-corrected chi connectivity index (χ4v) is 3.45. The number of nitrogen functional groups attached to an aromatic ring is 2. The van der Waals surface area contributed by atoms with E-state index in [1.807, 2.05) is 17.0 Å². The molecule has 12 heteroatoms. The zero-order valence-corrected chi connectivity index (χ0v) is 17.1. The fourth-order valence-electron chi connectivity index (χ4n) is 3.45. The van der Waals surface area contributed by atoms with Crippen LogP contribution in [0.3, 0.4) is 0 Å². The first-order valence-corrected chi connectivity index (χ1v) is 9.78. The lowest BCUT2D eigenvalue weighted by molar-refractivity contribution is -0.140. The lowest BCUT2D eigenvalue weighted by atomic mass is 10.1. The molecule has 0 spiro atoms. The summed E-state index contributed by atoms with van der Waals surface area (Å²) in [7, 11) is 0. The molecule has 7 N–H and O–H groups in total. The van der Waals surface area contributed by atoms with E-state index in [4.69, 9.17) is 16.6 Å². The lowest BCUT2D eigenvalue weighted by Crippen LogP contribution is -2.41. The van der Waals surface area contributed by atoms with Gasteiger partial charge in [-0.15, -0.1) is 0 Å². The predicted octanol–water partition coefficient (Wildman–Crippen LogP) is 1.18. The summed E-state index contributed by atoms with van der Waals surface area (Å²) in [4.78, 5) is 46.8. The Morgan fingerprint density at radius 2 is 1.79 bits per heavy atom. The number of nitrogens with one attached hydrogen (secondary N) is 1. The third kappa shape index (κ3) is 4.35. The van der Waals surface area contributed by atoms with Gasteiger partial charge in [0.25, 0.3) is 5.91 Å². The molecule has 168 valence electrons. The van der Waals surface area contributed by atoms with Gasteiger partial charge in [0.1, 0.15) is 11.9 Å². The van der Waals surface area contributed by atoms with Gasteiger partial charge in [0.15, 0.2) is 5.65 Å². The van der Waals surface area contributed by atoms with Gasteiger partial charge >= 0.3 is 11.9 Å². The number of fused-ring (bicyclic) bond motifs is 3. The third-order valence-corrected chi connectivity index (χ3v) is 5.07. The van der Waals surface area contributed by atoms with Crippen LogP contribution in [0.4, 0.5) is 11.8 Å². The number of carbonyl (C=O) groups is 3. The molecule has 3 aromatic heterocycles. The van der Waals surface area contributed by atoms with Gasteiger partial charge in [-0.1, -0.05) is 0 Å². The number of hydrogen-bond donors (Lipinski definition) is 5. The molecule has 0 bridgehead atoms. The van der Waals surface area contributed by atoms with E-state index in [0.29, 0.717) is 11.0 Å². The quantitative estimate of drug-likeness (QED) is 0.273. The third-order valence-electron chi connectivity index (χ3n) is 5.07.